The average molecular weight is 309 g/mol. The minimum Gasteiger partial charge on any atom is -0.439 e. The summed E-state index contributed by atoms with van der Waals surface area (Å²) in [5.41, 5.74) is 1.77. The third-order valence-corrected chi connectivity index (χ3v) is 4.23. The summed E-state index contributed by atoms with van der Waals surface area (Å²) < 4.78 is 5.71. The summed E-state index contributed by atoms with van der Waals surface area (Å²) in [4.78, 5) is 26.8. The van der Waals surface area contributed by atoms with E-state index in [1.54, 1.807) is 4.90 Å². The number of fused-ring (bicyclic) bond motifs is 1. The maximum absolute atomic E-state index is 13.3. The highest BCUT2D eigenvalue weighted by molar-refractivity contribution is 6.10. The third-order valence-electron chi connectivity index (χ3n) is 4.23. The largest absolute Gasteiger partial charge is 0.439 e. The first-order chi connectivity index (χ1) is 11.0. The molecule has 0 aliphatic carbocycles. The Morgan fingerprint density at radius 3 is 2.43 bits per heavy atom. The summed E-state index contributed by atoms with van der Waals surface area (Å²) >= 11 is 0. The smallest absolute Gasteiger partial charge is 0.304 e. The number of aryl methyl sites for hydroxylation is 1. The van der Waals surface area contributed by atoms with E-state index in [-0.39, 0.29) is 5.91 Å². The molecule has 4 heteroatoms. The van der Waals surface area contributed by atoms with Gasteiger partial charge in [0, 0.05) is 24.6 Å². The van der Waals surface area contributed by atoms with Crippen LogP contribution in [0.4, 0.5) is 5.69 Å². The molecule has 0 saturated carbocycles. The number of carbonyl (C=O) groups excluding carboxylic acids is 2. The van der Waals surface area contributed by atoms with E-state index in [9.17, 15) is 9.59 Å². The first kappa shape index (κ1) is 15.3. The molecule has 1 heterocycles. The van der Waals surface area contributed by atoms with Crippen molar-refractivity contribution in [1.29, 1.82) is 0 Å². The van der Waals surface area contributed by atoms with Gasteiger partial charge >= 0.3 is 5.97 Å². The van der Waals surface area contributed by atoms with E-state index in [0.29, 0.717) is 12.1 Å². The van der Waals surface area contributed by atoms with E-state index in [4.69, 9.17) is 4.74 Å². The van der Waals surface area contributed by atoms with E-state index in [1.165, 1.54) is 6.92 Å². The lowest BCUT2D eigenvalue weighted by Gasteiger charge is -2.29. The molecule has 1 aliphatic rings. The number of hydrogen-bond donors (Lipinski definition) is 0. The predicted octanol–water partition coefficient (Wildman–Crippen LogP) is 3.17. The highest BCUT2D eigenvalue weighted by atomic mass is 16.6. The first-order valence-electron chi connectivity index (χ1n) is 7.69. The van der Waals surface area contributed by atoms with Gasteiger partial charge in [-0.15, -0.1) is 0 Å². The molecule has 4 nitrogen and oxygen atoms in total. The lowest BCUT2D eigenvalue weighted by atomic mass is 9.84. The van der Waals surface area contributed by atoms with Crippen LogP contribution in [-0.2, 0) is 19.9 Å². The molecule has 0 N–H and O–H groups in total. The van der Waals surface area contributed by atoms with Crippen LogP contribution in [0.15, 0.2) is 48.5 Å². The number of likely N-dealkylation sites (N-methyl/N-ethyl adjacent to an activating group) is 1. The van der Waals surface area contributed by atoms with Gasteiger partial charge in [-0.25, -0.2) is 0 Å². The minimum absolute atomic E-state index is 0.217. The molecular weight excluding hydrogens is 290 g/mol. The van der Waals surface area contributed by atoms with Crippen LogP contribution in [0.25, 0.3) is 0 Å². The number of hydrogen-bond acceptors (Lipinski definition) is 3. The molecule has 118 valence electrons. The molecule has 3 rings (SSSR count). The summed E-state index contributed by atoms with van der Waals surface area (Å²) in [5, 5.41) is 0. The van der Waals surface area contributed by atoms with Crippen LogP contribution in [0.1, 0.15) is 30.5 Å². The molecule has 2 aromatic rings. The van der Waals surface area contributed by atoms with Crippen molar-refractivity contribution in [2.45, 2.75) is 26.4 Å². The van der Waals surface area contributed by atoms with Crippen molar-refractivity contribution in [3.8, 4) is 0 Å². The van der Waals surface area contributed by atoms with Crippen LogP contribution >= 0.6 is 0 Å². The summed E-state index contributed by atoms with van der Waals surface area (Å²) in [7, 11) is 0. The Kier molecular flexibility index (Phi) is 3.68. The highest BCUT2D eigenvalue weighted by Gasteiger charge is 2.55. The Bertz CT molecular complexity index is 769. The average Bonchev–Trinajstić information content (AvgIpc) is 2.78. The summed E-state index contributed by atoms with van der Waals surface area (Å²) in [5.74, 6) is -0.694. The lowest BCUT2D eigenvalue weighted by molar-refractivity contribution is -0.161. The number of benzene rings is 2. The summed E-state index contributed by atoms with van der Waals surface area (Å²) in [6, 6.07) is 15.0. The maximum atomic E-state index is 13.3. The molecule has 0 radical (unpaired) electrons. The second-order valence-corrected chi connectivity index (χ2v) is 5.66. The third kappa shape index (κ3) is 2.13. The molecule has 1 atom stereocenters. The molecule has 1 amide bonds. The van der Waals surface area contributed by atoms with Crippen molar-refractivity contribution in [1.82, 2.24) is 0 Å². The molecule has 0 fully saturated rings. The van der Waals surface area contributed by atoms with E-state index in [1.807, 2.05) is 62.4 Å². The second kappa shape index (κ2) is 5.54. The minimum atomic E-state index is -1.40. The number of ether oxygens (including phenoxy) is 1. The fourth-order valence-corrected chi connectivity index (χ4v) is 3.37. The van der Waals surface area contributed by atoms with Gasteiger partial charge in [0.1, 0.15) is 0 Å². The molecule has 0 saturated heterocycles. The van der Waals surface area contributed by atoms with E-state index < -0.39 is 11.6 Å². The van der Waals surface area contributed by atoms with Crippen molar-refractivity contribution >= 4 is 17.6 Å². The van der Waals surface area contributed by atoms with Crippen LogP contribution in [0, 0.1) is 6.92 Å². The zero-order valence-corrected chi connectivity index (χ0v) is 13.5. The number of nitrogens with zero attached hydrogens (tertiary/aromatic N) is 1. The van der Waals surface area contributed by atoms with Crippen molar-refractivity contribution in [3.05, 3.63) is 65.2 Å². The van der Waals surface area contributed by atoms with Crippen molar-refractivity contribution in [2.75, 3.05) is 11.4 Å². The molecule has 2 aromatic carbocycles. The molecule has 0 aromatic heterocycles. The van der Waals surface area contributed by atoms with Gasteiger partial charge in [0.2, 0.25) is 5.60 Å². The van der Waals surface area contributed by atoms with Crippen LogP contribution in [0.2, 0.25) is 0 Å². The SMILES string of the molecule is CCN1C(=O)C(OC(C)=O)(c2ccccc2)c2c(C)cccc21. The maximum Gasteiger partial charge on any atom is 0.304 e. The molecule has 0 bridgehead atoms. The van der Waals surface area contributed by atoms with Crippen LogP contribution in [-0.4, -0.2) is 18.4 Å². The van der Waals surface area contributed by atoms with Gasteiger partial charge in [0.15, 0.2) is 0 Å². The van der Waals surface area contributed by atoms with Gasteiger partial charge < -0.3 is 9.64 Å². The van der Waals surface area contributed by atoms with E-state index in [0.717, 1.165) is 16.8 Å². The molecule has 1 unspecified atom stereocenters. The van der Waals surface area contributed by atoms with E-state index in [2.05, 4.69) is 0 Å². The summed E-state index contributed by atoms with van der Waals surface area (Å²) in [6.45, 7) is 5.71. The topological polar surface area (TPSA) is 46.6 Å². The zero-order valence-electron chi connectivity index (χ0n) is 13.5. The lowest BCUT2D eigenvalue weighted by Crippen LogP contribution is -2.44. The quantitative estimate of drug-likeness (QED) is 0.818. The molecule has 1 aliphatic heterocycles. The van der Waals surface area contributed by atoms with Crippen LogP contribution < -0.4 is 4.90 Å². The van der Waals surface area contributed by atoms with Crippen molar-refractivity contribution in [2.24, 2.45) is 0 Å². The number of rotatable bonds is 3. The van der Waals surface area contributed by atoms with Crippen molar-refractivity contribution in [3.63, 3.8) is 0 Å². The normalized spacial score (nSPS) is 19.6. The van der Waals surface area contributed by atoms with Gasteiger partial charge in [-0.2, -0.15) is 0 Å². The number of esters is 1. The number of amides is 1. The zero-order chi connectivity index (χ0) is 16.6. The predicted molar refractivity (Wildman–Crippen MR) is 88.2 cm³/mol. The second-order valence-electron chi connectivity index (χ2n) is 5.66. The Morgan fingerprint density at radius 1 is 1.13 bits per heavy atom. The molecular formula is C19H19NO3. The van der Waals surface area contributed by atoms with Gasteiger partial charge in [0.25, 0.3) is 5.91 Å². The van der Waals surface area contributed by atoms with Gasteiger partial charge in [-0.1, -0.05) is 42.5 Å². The first-order valence-corrected chi connectivity index (χ1v) is 7.69. The fraction of sp³-hybridized carbons (Fsp3) is 0.263. The highest BCUT2D eigenvalue weighted by Crippen LogP contribution is 2.48. The fourth-order valence-electron chi connectivity index (χ4n) is 3.37. The van der Waals surface area contributed by atoms with Crippen LogP contribution in [0.3, 0.4) is 0 Å². The number of carbonyl (C=O) groups is 2. The Morgan fingerprint density at radius 2 is 1.83 bits per heavy atom. The van der Waals surface area contributed by atoms with Crippen molar-refractivity contribution < 1.29 is 14.3 Å². The Hall–Kier alpha value is -2.62. The standard InChI is InChI=1S/C19H19NO3/c1-4-20-16-12-8-9-13(2)17(16)19(18(20)22,23-14(3)21)15-10-6-5-7-11-15/h5-12H,4H2,1-3H3. The van der Waals surface area contributed by atoms with Gasteiger partial charge in [0.05, 0.1) is 5.69 Å². The summed E-state index contributed by atoms with van der Waals surface area (Å²) in [6.07, 6.45) is 0. The monoisotopic (exact) mass is 309 g/mol. The van der Waals surface area contributed by atoms with E-state index >= 15 is 0 Å². The van der Waals surface area contributed by atoms with Gasteiger partial charge in [-0.05, 0) is 25.5 Å². The molecule has 23 heavy (non-hydrogen) atoms. The Balaban J connectivity index is 2.36. The Labute approximate surface area is 135 Å². The van der Waals surface area contributed by atoms with Crippen LogP contribution in [0.5, 0.6) is 0 Å². The molecule has 0 spiro atoms. The number of anilines is 1. The van der Waals surface area contributed by atoms with Gasteiger partial charge in [-0.3, -0.25) is 9.59 Å².